The van der Waals surface area contributed by atoms with Crippen LogP contribution in [0.25, 0.3) is 0 Å². The molecule has 0 bridgehead atoms. The van der Waals surface area contributed by atoms with Gasteiger partial charge in [0.25, 0.3) is 0 Å². The molecule has 1 unspecified atom stereocenters. The van der Waals surface area contributed by atoms with Crippen molar-refractivity contribution >= 4 is 17.4 Å². The van der Waals surface area contributed by atoms with Gasteiger partial charge in [-0.05, 0) is 87.8 Å². The van der Waals surface area contributed by atoms with Crippen LogP contribution in [-0.2, 0) is 25.5 Å². The highest BCUT2D eigenvalue weighted by Gasteiger charge is 2.34. The lowest BCUT2D eigenvalue weighted by Crippen LogP contribution is -2.29. The van der Waals surface area contributed by atoms with Crippen molar-refractivity contribution < 1.29 is 22.8 Å². The normalized spacial score (nSPS) is 13.4. The van der Waals surface area contributed by atoms with Crippen molar-refractivity contribution in [3.63, 3.8) is 0 Å². The molecule has 0 heterocycles. The molecule has 0 aliphatic carbocycles. The molecule has 7 heteroatoms. The van der Waals surface area contributed by atoms with Gasteiger partial charge in [0.1, 0.15) is 31.4 Å². The third kappa shape index (κ3) is 11.2. The molecule has 0 aliphatic heterocycles. The van der Waals surface area contributed by atoms with Crippen molar-refractivity contribution in [2.45, 2.75) is 144 Å². The third-order valence-corrected chi connectivity index (χ3v) is 10.5. The minimum Gasteiger partial charge on any atom is -0.474 e. The molecule has 0 fully saturated rings. The van der Waals surface area contributed by atoms with E-state index in [2.05, 4.69) is 165 Å². The van der Waals surface area contributed by atoms with Gasteiger partial charge in [0, 0.05) is 16.7 Å². The maximum atomic E-state index is 6.82. The van der Waals surface area contributed by atoms with Crippen molar-refractivity contribution in [1.29, 1.82) is 0 Å². The van der Waals surface area contributed by atoms with Gasteiger partial charge in [-0.1, -0.05) is 117 Å². The van der Waals surface area contributed by atoms with Crippen LogP contribution in [-0.4, -0.2) is 17.6 Å². The largest absolute Gasteiger partial charge is 0.474 e. The van der Waals surface area contributed by atoms with Crippen molar-refractivity contribution in [3.05, 3.63) is 88.0 Å². The summed E-state index contributed by atoms with van der Waals surface area (Å²) in [6.07, 6.45) is 0.643. The Hall–Kier alpha value is -2.16. The fourth-order valence-corrected chi connectivity index (χ4v) is 7.48. The Kier molecular flexibility index (Phi) is 12.9. The summed E-state index contributed by atoms with van der Waals surface area (Å²) in [6, 6.07) is 19.0. The van der Waals surface area contributed by atoms with Crippen LogP contribution in [0.15, 0.2) is 54.6 Å². The molecule has 266 valence electrons. The molecule has 48 heavy (non-hydrogen) atoms. The van der Waals surface area contributed by atoms with Gasteiger partial charge in [-0.2, -0.15) is 0 Å². The summed E-state index contributed by atoms with van der Waals surface area (Å²) in [5, 5.41) is -0.475. The maximum absolute atomic E-state index is 6.82. The number of benzene rings is 3. The number of ether oxygens (including phenoxy) is 1. The Morgan fingerprint density at radius 3 is 1.31 bits per heavy atom. The molecule has 0 saturated heterocycles. The Morgan fingerprint density at radius 2 is 0.917 bits per heavy atom. The monoisotopic (exact) mass is 696 g/mol. The van der Waals surface area contributed by atoms with Crippen LogP contribution in [0.3, 0.4) is 0 Å². The van der Waals surface area contributed by atoms with E-state index < -0.39 is 19.5 Å². The topological polar surface area (TPSA) is 46.2 Å². The van der Waals surface area contributed by atoms with E-state index in [1.165, 1.54) is 5.56 Å². The highest BCUT2D eigenvalue weighted by molar-refractivity contribution is 7.42. The van der Waals surface area contributed by atoms with Gasteiger partial charge < -0.3 is 18.3 Å². The third-order valence-electron chi connectivity index (χ3n) is 8.28. The number of hydrogen-bond donors (Lipinski definition) is 0. The van der Waals surface area contributed by atoms with E-state index in [4.69, 9.17) is 22.8 Å². The van der Waals surface area contributed by atoms with Gasteiger partial charge >= 0.3 is 8.60 Å². The van der Waals surface area contributed by atoms with Crippen molar-refractivity contribution in [2.75, 3.05) is 6.61 Å². The van der Waals surface area contributed by atoms with Crippen LogP contribution in [0.4, 0.5) is 0 Å². The van der Waals surface area contributed by atoms with Crippen LogP contribution in [0.5, 0.6) is 17.2 Å². The van der Waals surface area contributed by atoms with Crippen LogP contribution in [0.1, 0.15) is 130 Å². The molecular weight excluding hydrogens is 634 g/mol. The first-order valence-electron chi connectivity index (χ1n) is 17.1. The summed E-state index contributed by atoms with van der Waals surface area (Å²) in [7, 11) is -1.70. The molecule has 5 nitrogen and oxygen atoms in total. The van der Waals surface area contributed by atoms with Gasteiger partial charge in [-0.25, -0.2) is 0 Å². The van der Waals surface area contributed by atoms with Gasteiger partial charge in [0.15, 0.2) is 0 Å². The van der Waals surface area contributed by atoms with E-state index in [0.717, 1.165) is 45.1 Å². The predicted molar refractivity (Wildman–Crippen MR) is 207 cm³/mol. The van der Waals surface area contributed by atoms with Crippen LogP contribution < -0.4 is 13.6 Å². The first-order chi connectivity index (χ1) is 21.9. The first-order valence-corrected chi connectivity index (χ1v) is 19.2. The second-order valence-electron chi connectivity index (χ2n) is 17.2. The lowest BCUT2D eigenvalue weighted by Gasteiger charge is -2.33. The molecule has 3 rings (SSSR count). The minimum absolute atomic E-state index is 0.0153. The molecule has 0 aliphatic rings. The molecule has 0 radical (unpaired) electrons. The van der Waals surface area contributed by atoms with Gasteiger partial charge in [-0.3, -0.25) is 4.52 Å². The van der Waals surface area contributed by atoms with E-state index in [-0.39, 0.29) is 25.1 Å². The van der Waals surface area contributed by atoms with E-state index in [1.54, 1.807) is 0 Å². The maximum Gasteiger partial charge on any atom is 0.463 e. The second-order valence-corrected chi connectivity index (χ2v) is 19.8. The summed E-state index contributed by atoms with van der Waals surface area (Å²) in [6.45, 7) is 35.0. The Bertz CT molecular complexity index is 1460. The Labute approximate surface area is 295 Å². The number of rotatable bonds is 13. The van der Waals surface area contributed by atoms with Crippen molar-refractivity contribution in [2.24, 2.45) is 0 Å². The SMILES string of the molecule is Cc1cccc(C(C)(C)C)c1OPC(C)(C)OCCC(C)(C)OP(Oc1c(C)cccc1C(C)(C)C)Oc1c(C)cccc1C(C)(C)C. The van der Waals surface area contributed by atoms with Gasteiger partial charge in [0.05, 0.1) is 12.2 Å². The Balaban J connectivity index is 1.82. The van der Waals surface area contributed by atoms with Crippen molar-refractivity contribution in [3.8, 4) is 17.2 Å². The molecule has 0 spiro atoms. The average Bonchev–Trinajstić information content (AvgIpc) is 2.92. The van der Waals surface area contributed by atoms with E-state index in [1.807, 2.05) is 0 Å². The molecule has 3 aromatic rings. The zero-order valence-corrected chi connectivity index (χ0v) is 34.5. The lowest BCUT2D eigenvalue weighted by molar-refractivity contribution is 0.00175. The average molecular weight is 697 g/mol. The highest BCUT2D eigenvalue weighted by Crippen LogP contribution is 2.51. The second kappa shape index (κ2) is 15.4. The molecule has 0 N–H and O–H groups in total. The van der Waals surface area contributed by atoms with E-state index in [9.17, 15) is 0 Å². The van der Waals surface area contributed by atoms with E-state index >= 15 is 0 Å². The summed E-state index contributed by atoms with van der Waals surface area (Å²) in [5.41, 5.74) is 5.84. The zero-order valence-electron chi connectivity index (χ0n) is 32.6. The molecule has 3 aromatic carbocycles. The number of para-hydroxylation sites is 3. The van der Waals surface area contributed by atoms with Gasteiger partial charge in [0.2, 0.25) is 0 Å². The van der Waals surface area contributed by atoms with Crippen LogP contribution in [0, 0.1) is 20.8 Å². The molecule has 0 saturated carbocycles. The smallest absolute Gasteiger partial charge is 0.463 e. The lowest BCUT2D eigenvalue weighted by atomic mass is 9.85. The molecule has 0 amide bonds. The highest BCUT2D eigenvalue weighted by atomic mass is 31.2. The summed E-state index contributed by atoms with van der Waals surface area (Å²) < 4.78 is 33.4. The Morgan fingerprint density at radius 1 is 0.542 bits per heavy atom. The van der Waals surface area contributed by atoms with E-state index in [0.29, 0.717) is 13.0 Å². The van der Waals surface area contributed by atoms with Crippen molar-refractivity contribution in [1.82, 2.24) is 0 Å². The summed E-state index contributed by atoms with van der Waals surface area (Å²) in [5.74, 6) is 2.60. The fourth-order valence-electron chi connectivity index (χ4n) is 5.31. The summed E-state index contributed by atoms with van der Waals surface area (Å²) in [4.78, 5) is 0. The number of hydrogen-bond acceptors (Lipinski definition) is 5. The zero-order chi connectivity index (χ0) is 36.3. The molecule has 0 aromatic heterocycles. The number of aryl methyl sites for hydroxylation is 3. The fraction of sp³-hybridized carbons (Fsp3) is 0.561. The van der Waals surface area contributed by atoms with Crippen LogP contribution >= 0.6 is 17.4 Å². The molecule has 1 atom stereocenters. The standard InChI is InChI=1S/C41H62O5P2/c1-28-20-17-23-31(37(4,5)6)34(28)43-47-41(15,16)42-27-26-40(13,14)46-48(44-35-29(2)21-18-24-32(35)38(7,8)9)45-36-30(3)22-19-25-33(36)39(10,11)12/h17-25,47H,26-27H2,1-16H3. The molecular formula is C41H62O5P2. The minimum atomic E-state index is -1.84. The van der Waals surface area contributed by atoms with Gasteiger partial charge in [-0.15, -0.1) is 0 Å². The first kappa shape index (κ1) is 40.3. The van der Waals surface area contributed by atoms with Crippen LogP contribution in [0.2, 0.25) is 0 Å². The predicted octanol–water partition coefficient (Wildman–Crippen LogP) is 12.8. The quantitative estimate of drug-likeness (QED) is 0.167. The summed E-state index contributed by atoms with van der Waals surface area (Å²) >= 11 is 0.